The van der Waals surface area contributed by atoms with Gasteiger partial charge in [0.25, 0.3) is 5.91 Å². The molecular weight excluding hydrogens is 434 g/mol. The molecular formula is C25H31N5O2S. The molecule has 33 heavy (non-hydrogen) atoms. The fraction of sp³-hybridized carbons (Fsp3) is 0.480. The number of nitrogen functional groups attached to an aromatic ring is 1. The van der Waals surface area contributed by atoms with Gasteiger partial charge in [0.2, 0.25) is 0 Å². The molecule has 0 saturated carbocycles. The zero-order valence-corrected chi connectivity index (χ0v) is 20.5. The molecule has 4 heterocycles. The minimum atomic E-state index is -0.143. The normalized spacial score (nSPS) is 24.8. The Morgan fingerprint density at radius 3 is 2.88 bits per heavy atom. The van der Waals surface area contributed by atoms with E-state index < -0.39 is 0 Å². The van der Waals surface area contributed by atoms with Gasteiger partial charge >= 0.3 is 0 Å². The monoisotopic (exact) mass is 465 g/mol. The number of thiophene rings is 1. The molecule has 0 spiro atoms. The quantitative estimate of drug-likeness (QED) is 0.610. The Balaban J connectivity index is 1.28. The summed E-state index contributed by atoms with van der Waals surface area (Å²) >= 11 is 1.36. The van der Waals surface area contributed by atoms with Crippen molar-refractivity contribution in [3.63, 3.8) is 0 Å². The van der Waals surface area contributed by atoms with E-state index in [2.05, 4.69) is 41.2 Å². The molecule has 3 aromatic heterocycles. The van der Waals surface area contributed by atoms with Crippen LogP contribution < -0.4 is 16.0 Å². The number of fused-ring (bicyclic) bond motifs is 2. The minimum absolute atomic E-state index is 0.0700. The Kier molecular flexibility index (Phi) is 5.53. The lowest BCUT2D eigenvalue weighted by molar-refractivity contribution is -0.00622. The Morgan fingerprint density at radius 2 is 2.12 bits per heavy atom. The number of methoxy groups -OCH3 is 1. The van der Waals surface area contributed by atoms with Gasteiger partial charge in [-0.2, -0.15) is 0 Å². The van der Waals surface area contributed by atoms with Gasteiger partial charge in [0.05, 0.1) is 11.3 Å². The van der Waals surface area contributed by atoms with Crippen LogP contribution >= 0.6 is 11.3 Å². The van der Waals surface area contributed by atoms with E-state index in [1.165, 1.54) is 16.9 Å². The van der Waals surface area contributed by atoms with Crippen molar-refractivity contribution in [2.45, 2.75) is 51.7 Å². The minimum Gasteiger partial charge on any atom is -0.397 e. The predicted octanol–water partition coefficient (Wildman–Crippen LogP) is 3.73. The van der Waals surface area contributed by atoms with Gasteiger partial charge in [-0.15, -0.1) is 11.3 Å². The molecule has 1 aliphatic carbocycles. The van der Waals surface area contributed by atoms with E-state index in [9.17, 15) is 4.79 Å². The van der Waals surface area contributed by atoms with Gasteiger partial charge in [-0.1, -0.05) is 13.0 Å². The van der Waals surface area contributed by atoms with Crippen LogP contribution in [0.5, 0.6) is 0 Å². The molecule has 0 aromatic carbocycles. The van der Waals surface area contributed by atoms with Gasteiger partial charge < -0.3 is 20.7 Å². The standard InChI is InChI=1S/C25H31N5O2S/c1-14-12-30(13-25(14,3)32-4)20-10-6-16-11-17(7-9-19(16)29-20)28-23(31)22-21(26)18-8-5-15(2)27-24(18)33-22/h5-6,8,10,14,17H,7,9,11-13,26H2,1-4H3,(H,28,31)/t14-,17-,25+/m0/s1. The maximum absolute atomic E-state index is 13.0. The van der Waals surface area contributed by atoms with Crippen LogP contribution in [0.25, 0.3) is 10.2 Å². The second kappa shape index (κ2) is 8.25. The number of nitrogens with zero attached hydrogens (tertiary/aromatic N) is 3. The number of hydrogen-bond acceptors (Lipinski definition) is 7. The van der Waals surface area contributed by atoms with Crippen LogP contribution in [0, 0.1) is 12.8 Å². The molecule has 2 aliphatic rings. The summed E-state index contributed by atoms with van der Waals surface area (Å²) in [6, 6.07) is 8.21. The van der Waals surface area contributed by atoms with Crippen molar-refractivity contribution >= 4 is 39.0 Å². The molecule has 0 bridgehead atoms. The fourth-order valence-electron chi connectivity index (χ4n) is 4.97. The Morgan fingerprint density at radius 1 is 1.30 bits per heavy atom. The summed E-state index contributed by atoms with van der Waals surface area (Å²) in [7, 11) is 1.79. The number of aryl methyl sites for hydroxylation is 2. The second-order valence-corrected chi connectivity index (χ2v) is 10.6. The predicted molar refractivity (Wildman–Crippen MR) is 133 cm³/mol. The SMILES string of the molecule is CO[C@]1(C)CN(c2ccc3c(n2)CC[C@H](NC(=O)c2sc4nc(C)ccc4c2N)C3)C[C@@H]1C. The van der Waals surface area contributed by atoms with Crippen molar-refractivity contribution in [3.05, 3.63) is 46.1 Å². The molecule has 0 unspecified atom stereocenters. The number of nitrogens with one attached hydrogen (secondary N) is 1. The van der Waals surface area contributed by atoms with Crippen LogP contribution in [0.3, 0.4) is 0 Å². The maximum atomic E-state index is 13.0. The number of ether oxygens (including phenoxy) is 1. The van der Waals surface area contributed by atoms with Crippen molar-refractivity contribution in [2.75, 3.05) is 30.8 Å². The van der Waals surface area contributed by atoms with E-state index in [1.54, 1.807) is 7.11 Å². The third-order valence-electron chi connectivity index (χ3n) is 7.36. The second-order valence-electron chi connectivity index (χ2n) is 9.64. The summed E-state index contributed by atoms with van der Waals surface area (Å²) in [5, 5.41) is 4.04. The summed E-state index contributed by atoms with van der Waals surface area (Å²) in [6.45, 7) is 8.13. The number of carbonyl (C=O) groups excluding carboxylic acids is 1. The Labute approximate surface area is 198 Å². The summed E-state index contributed by atoms with van der Waals surface area (Å²) in [6.07, 6.45) is 2.49. The van der Waals surface area contributed by atoms with Crippen molar-refractivity contribution < 1.29 is 9.53 Å². The number of anilines is 2. The molecule has 3 aromatic rings. The van der Waals surface area contributed by atoms with Gasteiger partial charge in [-0.3, -0.25) is 4.79 Å². The molecule has 7 nitrogen and oxygen atoms in total. The van der Waals surface area contributed by atoms with E-state index >= 15 is 0 Å². The van der Waals surface area contributed by atoms with Crippen LogP contribution in [-0.2, 0) is 17.6 Å². The Bertz CT molecular complexity index is 1220. The van der Waals surface area contributed by atoms with E-state index in [1.807, 2.05) is 19.1 Å². The van der Waals surface area contributed by atoms with Gasteiger partial charge in [-0.25, -0.2) is 9.97 Å². The highest BCUT2D eigenvalue weighted by molar-refractivity contribution is 7.21. The summed E-state index contributed by atoms with van der Waals surface area (Å²) in [5.41, 5.74) is 9.91. The average Bonchev–Trinajstić information content (AvgIpc) is 3.29. The fourth-order valence-corrected chi connectivity index (χ4v) is 6.01. The van der Waals surface area contributed by atoms with Crippen LogP contribution in [0.15, 0.2) is 24.3 Å². The zero-order valence-electron chi connectivity index (χ0n) is 19.6. The number of amides is 1. The molecule has 1 fully saturated rings. The summed E-state index contributed by atoms with van der Waals surface area (Å²) in [4.78, 5) is 26.2. The number of rotatable bonds is 4. The number of pyridine rings is 2. The van der Waals surface area contributed by atoms with E-state index in [4.69, 9.17) is 15.5 Å². The third kappa shape index (κ3) is 3.95. The molecule has 8 heteroatoms. The lowest BCUT2D eigenvalue weighted by atomic mass is 9.91. The summed E-state index contributed by atoms with van der Waals surface area (Å²) in [5.74, 6) is 1.35. The van der Waals surface area contributed by atoms with E-state index in [0.717, 1.165) is 59.8 Å². The first-order chi connectivity index (χ1) is 15.8. The zero-order chi connectivity index (χ0) is 23.3. The molecule has 3 atom stereocenters. The van der Waals surface area contributed by atoms with Crippen LogP contribution in [0.1, 0.15) is 46.9 Å². The highest BCUT2D eigenvalue weighted by Crippen LogP contribution is 2.35. The highest BCUT2D eigenvalue weighted by atomic mass is 32.1. The highest BCUT2D eigenvalue weighted by Gasteiger charge is 2.41. The first kappa shape index (κ1) is 22.1. The smallest absolute Gasteiger partial charge is 0.263 e. The molecule has 174 valence electrons. The summed E-state index contributed by atoms with van der Waals surface area (Å²) < 4.78 is 5.77. The topological polar surface area (TPSA) is 93.4 Å². The van der Waals surface area contributed by atoms with E-state index in [0.29, 0.717) is 16.5 Å². The first-order valence-corrected chi connectivity index (χ1v) is 12.3. The molecule has 1 amide bonds. The lowest BCUT2D eigenvalue weighted by Crippen LogP contribution is -2.39. The number of aromatic nitrogens is 2. The third-order valence-corrected chi connectivity index (χ3v) is 8.47. The molecule has 1 saturated heterocycles. The molecule has 0 radical (unpaired) electrons. The van der Waals surface area contributed by atoms with Crippen molar-refractivity contribution in [1.82, 2.24) is 15.3 Å². The van der Waals surface area contributed by atoms with Crippen molar-refractivity contribution in [2.24, 2.45) is 5.92 Å². The number of nitrogens with two attached hydrogens (primary N) is 1. The lowest BCUT2D eigenvalue weighted by Gasteiger charge is -2.28. The average molecular weight is 466 g/mol. The van der Waals surface area contributed by atoms with Gasteiger partial charge in [0.1, 0.15) is 15.5 Å². The van der Waals surface area contributed by atoms with Gasteiger partial charge in [-0.05, 0) is 56.9 Å². The van der Waals surface area contributed by atoms with Crippen LogP contribution in [0.2, 0.25) is 0 Å². The van der Waals surface area contributed by atoms with Crippen LogP contribution in [-0.4, -0.2) is 47.7 Å². The number of carbonyl (C=O) groups is 1. The van der Waals surface area contributed by atoms with E-state index in [-0.39, 0.29) is 17.6 Å². The Hall–Kier alpha value is -2.71. The van der Waals surface area contributed by atoms with Crippen molar-refractivity contribution in [3.8, 4) is 0 Å². The first-order valence-electron chi connectivity index (χ1n) is 11.5. The maximum Gasteiger partial charge on any atom is 0.263 e. The van der Waals surface area contributed by atoms with Gasteiger partial charge in [0, 0.05) is 48.9 Å². The van der Waals surface area contributed by atoms with Gasteiger partial charge in [0.15, 0.2) is 0 Å². The molecule has 1 aliphatic heterocycles. The largest absolute Gasteiger partial charge is 0.397 e. The molecule has 3 N–H and O–H groups in total. The van der Waals surface area contributed by atoms with Crippen molar-refractivity contribution in [1.29, 1.82) is 0 Å². The van der Waals surface area contributed by atoms with Crippen LogP contribution in [0.4, 0.5) is 11.5 Å². The molecule has 5 rings (SSSR count). The number of hydrogen-bond donors (Lipinski definition) is 2.